The van der Waals surface area contributed by atoms with Gasteiger partial charge in [-0.1, -0.05) is 12.1 Å². The van der Waals surface area contributed by atoms with E-state index < -0.39 is 9.84 Å². The molecule has 0 saturated heterocycles. The highest BCUT2D eigenvalue weighted by atomic mass is 32.2. The van der Waals surface area contributed by atoms with Gasteiger partial charge in [-0.15, -0.1) is 12.3 Å². The molecule has 0 fully saturated rings. The number of sulfone groups is 1. The maximum absolute atomic E-state index is 11.4. The van der Waals surface area contributed by atoms with Crippen LogP contribution >= 0.6 is 0 Å². The van der Waals surface area contributed by atoms with Gasteiger partial charge in [-0.3, -0.25) is 0 Å². The quantitative estimate of drug-likeness (QED) is 0.805. The fourth-order valence-electron chi connectivity index (χ4n) is 1.47. The van der Waals surface area contributed by atoms with Gasteiger partial charge < -0.3 is 5.32 Å². The monoisotopic (exact) mass is 237 g/mol. The van der Waals surface area contributed by atoms with E-state index in [4.69, 9.17) is 6.42 Å². The van der Waals surface area contributed by atoms with E-state index in [1.54, 1.807) is 25.2 Å². The molecule has 0 amide bonds. The summed E-state index contributed by atoms with van der Waals surface area (Å²) in [5.41, 5.74) is 0.892. The Morgan fingerprint density at radius 1 is 1.50 bits per heavy atom. The summed E-state index contributed by atoms with van der Waals surface area (Å²) in [6.45, 7) is 0. The van der Waals surface area contributed by atoms with E-state index in [2.05, 4.69) is 11.2 Å². The topological polar surface area (TPSA) is 46.2 Å². The van der Waals surface area contributed by atoms with E-state index in [0.29, 0.717) is 11.3 Å². The first kappa shape index (κ1) is 12.8. The summed E-state index contributed by atoms with van der Waals surface area (Å²) in [6.07, 6.45) is 6.99. The maximum Gasteiger partial charge on any atom is 0.175 e. The highest BCUT2D eigenvalue weighted by Crippen LogP contribution is 2.19. The van der Waals surface area contributed by atoms with E-state index in [1.807, 2.05) is 6.07 Å². The summed E-state index contributed by atoms with van der Waals surface area (Å²) >= 11 is 0. The summed E-state index contributed by atoms with van der Waals surface area (Å²) < 4.78 is 22.8. The van der Waals surface area contributed by atoms with E-state index in [1.165, 1.54) is 6.26 Å². The lowest BCUT2D eigenvalue weighted by Crippen LogP contribution is -2.16. The number of terminal acetylenes is 1. The maximum atomic E-state index is 11.4. The summed E-state index contributed by atoms with van der Waals surface area (Å²) in [5, 5.41) is 3.06. The van der Waals surface area contributed by atoms with Crippen LogP contribution in [0.3, 0.4) is 0 Å². The lowest BCUT2D eigenvalue weighted by Gasteiger charge is -2.14. The van der Waals surface area contributed by atoms with Crippen LogP contribution in [0.5, 0.6) is 0 Å². The van der Waals surface area contributed by atoms with Gasteiger partial charge in [0.15, 0.2) is 9.84 Å². The highest BCUT2D eigenvalue weighted by Gasteiger charge is 2.12. The standard InChI is InChI=1S/C12H15NO2S/c1-4-6-12(13-2)10-7-5-8-11(9-10)16(3,14)15/h1,5,7-9,12-13H,6H2,2-3H3. The molecule has 0 heterocycles. The first-order valence-electron chi connectivity index (χ1n) is 4.89. The van der Waals surface area contributed by atoms with Crippen molar-refractivity contribution in [2.45, 2.75) is 17.4 Å². The lowest BCUT2D eigenvalue weighted by atomic mass is 10.0. The predicted octanol–water partition coefficient (Wildman–Crippen LogP) is 1.37. The van der Waals surface area contributed by atoms with Gasteiger partial charge in [0.2, 0.25) is 0 Å². The molecule has 1 atom stereocenters. The van der Waals surface area contributed by atoms with E-state index in [9.17, 15) is 8.42 Å². The number of hydrogen-bond acceptors (Lipinski definition) is 3. The molecule has 1 N–H and O–H groups in total. The number of hydrogen-bond donors (Lipinski definition) is 1. The molecule has 1 unspecified atom stereocenters. The summed E-state index contributed by atoms with van der Waals surface area (Å²) in [5.74, 6) is 2.56. The summed E-state index contributed by atoms with van der Waals surface area (Å²) in [4.78, 5) is 0.322. The molecule has 0 aliphatic rings. The van der Waals surface area contributed by atoms with Crippen molar-refractivity contribution in [1.82, 2.24) is 5.32 Å². The van der Waals surface area contributed by atoms with Crippen molar-refractivity contribution in [3.05, 3.63) is 29.8 Å². The zero-order valence-electron chi connectivity index (χ0n) is 9.40. The third kappa shape index (κ3) is 3.09. The van der Waals surface area contributed by atoms with Crippen LogP contribution in [0.25, 0.3) is 0 Å². The number of benzene rings is 1. The smallest absolute Gasteiger partial charge is 0.175 e. The molecule has 3 nitrogen and oxygen atoms in total. The molecule has 0 aliphatic carbocycles. The fraction of sp³-hybridized carbons (Fsp3) is 0.333. The third-order valence-corrected chi connectivity index (χ3v) is 3.47. The minimum atomic E-state index is -3.16. The zero-order chi connectivity index (χ0) is 12.2. The average molecular weight is 237 g/mol. The summed E-state index contributed by atoms with van der Waals surface area (Å²) in [6, 6.07) is 6.83. The first-order chi connectivity index (χ1) is 7.49. The lowest BCUT2D eigenvalue weighted by molar-refractivity contribution is 0.597. The largest absolute Gasteiger partial charge is 0.312 e. The van der Waals surface area contributed by atoms with Crippen molar-refractivity contribution in [3.63, 3.8) is 0 Å². The Bertz CT molecular complexity index is 500. The van der Waals surface area contributed by atoms with Crippen LogP contribution < -0.4 is 5.32 Å². The number of nitrogens with one attached hydrogen (secondary N) is 1. The van der Waals surface area contributed by atoms with Gasteiger partial charge >= 0.3 is 0 Å². The van der Waals surface area contributed by atoms with Crippen LogP contribution in [0.15, 0.2) is 29.2 Å². The Kier molecular flexibility index (Phi) is 4.11. The summed E-state index contributed by atoms with van der Waals surface area (Å²) in [7, 11) is -1.36. The molecule has 1 aromatic rings. The molecule has 0 aliphatic heterocycles. The van der Waals surface area contributed by atoms with Gasteiger partial charge in [0.05, 0.1) is 4.90 Å². The molecule has 1 aromatic carbocycles. The molecular weight excluding hydrogens is 222 g/mol. The molecule has 0 radical (unpaired) electrons. The molecule has 86 valence electrons. The molecule has 4 heteroatoms. The van der Waals surface area contributed by atoms with Gasteiger partial charge in [-0.2, -0.15) is 0 Å². The van der Waals surface area contributed by atoms with Crippen LogP contribution in [-0.2, 0) is 9.84 Å². The van der Waals surface area contributed by atoms with Gasteiger partial charge in [0.25, 0.3) is 0 Å². The van der Waals surface area contributed by atoms with Crippen LogP contribution in [0.2, 0.25) is 0 Å². The molecule has 0 bridgehead atoms. The van der Waals surface area contributed by atoms with Crippen LogP contribution in [-0.4, -0.2) is 21.7 Å². The Morgan fingerprint density at radius 3 is 2.69 bits per heavy atom. The van der Waals surface area contributed by atoms with Crippen LogP contribution in [0.1, 0.15) is 18.0 Å². The van der Waals surface area contributed by atoms with Crippen molar-refractivity contribution in [3.8, 4) is 12.3 Å². The molecule has 0 spiro atoms. The van der Waals surface area contributed by atoms with Crippen molar-refractivity contribution in [2.75, 3.05) is 13.3 Å². The normalized spacial score (nSPS) is 13.1. The van der Waals surface area contributed by atoms with Gasteiger partial charge in [0.1, 0.15) is 0 Å². The molecule has 16 heavy (non-hydrogen) atoms. The van der Waals surface area contributed by atoms with E-state index >= 15 is 0 Å². The average Bonchev–Trinajstić information content (AvgIpc) is 2.25. The zero-order valence-corrected chi connectivity index (χ0v) is 10.2. The van der Waals surface area contributed by atoms with Crippen molar-refractivity contribution in [2.24, 2.45) is 0 Å². The predicted molar refractivity (Wildman–Crippen MR) is 64.8 cm³/mol. The van der Waals surface area contributed by atoms with E-state index in [0.717, 1.165) is 5.56 Å². The number of rotatable bonds is 4. The molecule has 0 aromatic heterocycles. The first-order valence-corrected chi connectivity index (χ1v) is 6.79. The minimum absolute atomic E-state index is 0.00769. The Hall–Kier alpha value is -1.31. The van der Waals surface area contributed by atoms with E-state index in [-0.39, 0.29) is 6.04 Å². The second kappa shape index (κ2) is 5.15. The van der Waals surface area contributed by atoms with Crippen LogP contribution in [0.4, 0.5) is 0 Å². The molecule has 1 rings (SSSR count). The van der Waals surface area contributed by atoms with Gasteiger partial charge in [0, 0.05) is 18.7 Å². The highest BCUT2D eigenvalue weighted by molar-refractivity contribution is 7.90. The van der Waals surface area contributed by atoms with Gasteiger partial charge in [-0.25, -0.2) is 8.42 Å². The van der Waals surface area contributed by atoms with Crippen LogP contribution in [0, 0.1) is 12.3 Å². The van der Waals surface area contributed by atoms with Gasteiger partial charge in [-0.05, 0) is 24.7 Å². The molecular formula is C12H15NO2S. The molecule has 0 saturated carbocycles. The van der Waals surface area contributed by atoms with Crippen molar-refractivity contribution >= 4 is 9.84 Å². The third-order valence-electron chi connectivity index (χ3n) is 2.36. The Morgan fingerprint density at radius 2 is 2.19 bits per heavy atom. The second-order valence-electron chi connectivity index (χ2n) is 3.59. The van der Waals surface area contributed by atoms with Crippen molar-refractivity contribution in [1.29, 1.82) is 0 Å². The SMILES string of the molecule is C#CCC(NC)c1cccc(S(C)(=O)=O)c1. The fourth-order valence-corrected chi connectivity index (χ4v) is 2.14. The minimum Gasteiger partial charge on any atom is -0.312 e. The Balaban J connectivity index is 3.12. The van der Waals surface area contributed by atoms with Crippen molar-refractivity contribution < 1.29 is 8.42 Å². The Labute approximate surface area is 96.8 Å². The second-order valence-corrected chi connectivity index (χ2v) is 5.61.